The van der Waals surface area contributed by atoms with Gasteiger partial charge in [-0.1, -0.05) is 50.6 Å². The SMILES string of the molecule is C/C=C/Cc1cc(Br)cc([N+](=O)[O-])c1O.C=CC(Oc1ccc(Br)cc1[N+](=O)[O-])C(F)(F)F. The number of ether oxygens (including phenoxy) is 1. The van der Waals surface area contributed by atoms with Crippen LogP contribution in [0.2, 0.25) is 0 Å². The van der Waals surface area contributed by atoms with Gasteiger partial charge in [0.05, 0.1) is 9.85 Å². The first-order valence-electron chi connectivity index (χ1n) is 8.88. The summed E-state index contributed by atoms with van der Waals surface area (Å²) < 4.78 is 42.9. The topological polar surface area (TPSA) is 116 Å². The molecule has 0 fully saturated rings. The van der Waals surface area contributed by atoms with Gasteiger partial charge in [0, 0.05) is 26.6 Å². The lowest BCUT2D eigenvalue weighted by molar-refractivity contribution is -0.386. The molecule has 8 nitrogen and oxygen atoms in total. The fourth-order valence-electron chi connectivity index (χ4n) is 2.30. The van der Waals surface area contributed by atoms with Crippen LogP contribution < -0.4 is 4.74 Å². The van der Waals surface area contributed by atoms with Crippen LogP contribution in [0.25, 0.3) is 0 Å². The number of nitro benzene ring substituents is 2. The Morgan fingerprint density at radius 3 is 2.18 bits per heavy atom. The fourth-order valence-corrected chi connectivity index (χ4v) is 3.14. The molecule has 0 heterocycles. The Morgan fingerprint density at radius 2 is 1.70 bits per heavy atom. The second-order valence-electron chi connectivity index (χ2n) is 6.15. The average Bonchev–Trinajstić information content (AvgIpc) is 2.72. The summed E-state index contributed by atoms with van der Waals surface area (Å²) in [6.07, 6.45) is -2.31. The van der Waals surface area contributed by atoms with Crippen molar-refractivity contribution in [3.8, 4) is 11.5 Å². The molecule has 0 bridgehead atoms. The van der Waals surface area contributed by atoms with Crippen LogP contribution in [-0.4, -0.2) is 27.2 Å². The summed E-state index contributed by atoms with van der Waals surface area (Å²) in [6, 6.07) is 6.45. The minimum absolute atomic E-state index is 0.263. The van der Waals surface area contributed by atoms with Crippen LogP contribution in [-0.2, 0) is 6.42 Å². The lowest BCUT2D eigenvalue weighted by Gasteiger charge is -2.18. The van der Waals surface area contributed by atoms with E-state index in [0.29, 0.717) is 27.0 Å². The van der Waals surface area contributed by atoms with Gasteiger partial charge < -0.3 is 9.84 Å². The second kappa shape index (κ2) is 12.3. The molecule has 1 N–H and O–H groups in total. The van der Waals surface area contributed by atoms with Crippen molar-refractivity contribution in [2.75, 3.05) is 0 Å². The van der Waals surface area contributed by atoms with Gasteiger partial charge in [0.2, 0.25) is 6.10 Å². The van der Waals surface area contributed by atoms with Crippen molar-refractivity contribution in [1.82, 2.24) is 0 Å². The highest BCUT2D eigenvalue weighted by Gasteiger charge is 2.40. The first-order chi connectivity index (χ1) is 15.3. The zero-order valence-electron chi connectivity index (χ0n) is 16.9. The van der Waals surface area contributed by atoms with Crippen molar-refractivity contribution in [1.29, 1.82) is 0 Å². The summed E-state index contributed by atoms with van der Waals surface area (Å²) in [6.45, 7) is 4.84. The maximum Gasteiger partial charge on any atom is 0.429 e. The number of allylic oxidation sites excluding steroid dienone is 2. The van der Waals surface area contributed by atoms with Crippen LogP contribution in [0.3, 0.4) is 0 Å². The molecular formula is C20H17Br2F3N2O6. The van der Waals surface area contributed by atoms with Gasteiger partial charge in [0.25, 0.3) is 0 Å². The Hall–Kier alpha value is -2.93. The Kier molecular flexibility index (Phi) is 10.5. The standard InChI is InChI=1S/C10H7BrF3NO3.C10H10BrNO3/c1-2-9(10(12,13)14)18-8-4-3-6(11)5-7(8)15(16)17;1-2-3-4-7-5-8(11)6-9(10(7)13)12(14)15/h2-5,9H,1H2;2-3,5-6,13H,4H2,1H3/b;3-2+. The molecule has 0 saturated heterocycles. The van der Waals surface area contributed by atoms with Crippen LogP contribution in [0.15, 0.2) is 64.1 Å². The molecule has 0 aliphatic heterocycles. The quantitative estimate of drug-likeness (QED) is 0.208. The highest BCUT2D eigenvalue weighted by molar-refractivity contribution is 9.10. The lowest BCUT2D eigenvalue weighted by Crippen LogP contribution is -2.32. The molecule has 0 amide bonds. The monoisotopic (exact) mass is 596 g/mol. The maximum atomic E-state index is 12.4. The van der Waals surface area contributed by atoms with Gasteiger partial charge in [-0.15, -0.1) is 0 Å². The number of nitrogens with zero attached hydrogens (tertiary/aromatic N) is 2. The third-order valence-corrected chi connectivity index (χ3v) is 4.76. The molecular weight excluding hydrogens is 581 g/mol. The van der Waals surface area contributed by atoms with Crippen molar-refractivity contribution in [2.24, 2.45) is 0 Å². The van der Waals surface area contributed by atoms with Crippen molar-refractivity contribution in [3.05, 3.63) is 89.9 Å². The van der Waals surface area contributed by atoms with Crippen LogP contribution in [0, 0.1) is 20.2 Å². The van der Waals surface area contributed by atoms with Gasteiger partial charge in [-0.25, -0.2) is 0 Å². The molecule has 178 valence electrons. The summed E-state index contributed by atoms with van der Waals surface area (Å²) >= 11 is 6.15. The van der Waals surface area contributed by atoms with Crippen LogP contribution >= 0.6 is 31.9 Å². The van der Waals surface area contributed by atoms with Gasteiger partial charge in [-0.3, -0.25) is 20.2 Å². The smallest absolute Gasteiger partial charge is 0.429 e. The van der Waals surface area contributed by atoms with E-state index in [0.717, 1.165) is 12.1 Å². The number of hydrogen-bond donors (Lipinski definition) is 1. The molecule has 0 radical (unpaired) electrons. The van der Waals surface area contributed by atoms with Crippen molar-refractivity contribution >= 4 is 43.2 Å². The zero-order chi connectivity index (χ0) is 25.3. The Morgan fingerprint density at radius 1 is 1.12 bits per heavy atom. The normalized spacial score (nSPS) is 11.9. The summed E-state index contributed by atoms with van der Waals surface area (Å²) in [5, 5.41) is 30.9. The number of halogens is 5. The number of rotatable bonds is 7. The molecule has 0 saturated carbocycles. The zero-order valence-corrected chi connectivity index (χ0v) is 20.1. The highest BCUT2D eigenvalue weighted by Crippen LogP contribution is 2.35. The number of alkyl halides is 3. The summed E-state index contributed by atoms with van der Waals surface area (Å²) in [7, 11) is 0. The van der Waals surface area contributed by atoms with E-state index in [1.807, 2.05) is 19.1 Å². The number of hydrogen-bond acceptors (Lipinski definition) is 6. The minimum atomic E-state index is -4.68. The molecule has 0 aliphatic rings. The Balaban J connectivity index is 0.000000335. The van der Waals surface area contributed by atoms with E-state index in [9.17, 15) is 38.5 Å². The van der Waals surface area contributed by atoms with Crippen molar-refractivity contribution in [3.63, 3.8) is 0 Å². The van der Waals surface area contributed by atoms with Gasteiger partial charge in [-0.2, -0.15) is 13.2 Å². The fraction of sp³-hybridized carbons (Fsp3) is 0.200. The van der Waals surface area contributed by atoms with E-state index >= 15 is 0 Å². The van der Waals surface area contributed by atoms with E-state index in [1.165, 1.54) is 12.1 Å². The Labute approximate surface area is 202 Å². The predicted octanol–water partition coefficient (Wildman–Crippen LogP) is 7.03. The molecule has 0 aromatic heterocycles. The number of nitro groups is 2. The largest absolute Gasteiger partial charge is 0.502 e. The lowest BCUT2D eigenvalue weighted by atomic mass is 10.1. The van der Waals surface area contributed by atoms with E-state index in [2.05, 4.69) is 43.2 Å². The Bertz CT molecular complexity index is 1060. The van der Waals surface area contributed by atoms with Crippen LogP contribution in [0.1, 0.15) is 12.5 Å². The molecule has 33 heavy (non-hydrogen) atoms. The van der Waals surface area contributed by atoms with Crippen LogP contribution in [0.4, 0.5) is 24.5 Å². The number of aromatic hydroxyl groups is 1. The first kappa shape index (κ1) is 28.1. The number of benzene rings is 2. The highest BCUT2D eigenvalue weighted by atomic mass is 79.9. The molecule has 2 aromatic rings. The van der Waals surface area contributed by atoms with E-state index in [1.54, 1.807) is 6.07 Å². The maximum absolute atomic E-state index is 12.4. The molecule has 13 heteroatoms. The third-order valence-electron chi connectivity index (χ3n) is 3.81. The summed E-state index contributed by atoms with van der Waals surface area (Å²) in [5.74, 6) is -0.730. The van der Waals surface area contributed by atoms with Gasteiger partial charge >= 0.3 is 17.6 Å². The average molecular weight is 598 g/mol. The van der Waals surface area contributed by atoms with Crippen molar-refractivity contribution in [2.45, 2.75) is 25.6 Å². The molecule has 0 spiro atoms. The third kappa shape index (κ3) is 8.50. The molecule has 2 aromatic carbocycles. The van der Waals surface area contributed by atoms with Gasteiger partial charge in [0.1, 0.15) is 0 Å². The van der Waals surface area contributed by atoms with Gasteiger partial charge in [0.15, 0.2) is 11.5 Å². The first-order valence-corrected chi connectivity index (χ1v) is 10.5. The molecule has 2 rings (SSSR count). The second-order valence-corrected chi connectivity index (χ2v) is 7.98. The number of phenols is 1. The van der Waals surface area contributed by atoms with Crippen molar-refractivity contribution < 1.29 is 32.9 Å². The molecule has 1 atom stereocenters. The molecule has 0 aliphatic carbocycles. The van der Waals surface area contributed by atoms with Crippen LogP contribution in [0.5, 0.6) is 11.5 Å². The van der Waals surface area contributed by atoms with E-state index in [4.69, 9.17) is 0 Å². The summed E-state index contributed by atoms with van der Waals surface area (Å²) in [5.41, 5.74) is -0.293. The minimum Gasteiger partial charge on any atom is -0.502 e. The molecule has 1 unspecified atom stereocenters. The van der Waals surface area contributed by atoms with Gasteiger partial charge in [-0.05, 0) is 37.6 Å². The summed E-state index contributed by atoms with van der Waals surface area (Å²) in [4.78, 5) is 19.9. The van der Waals surface area contributed by atoms with E-state index < -0.39 is 33.6 Å². The van der Waals surface area contributed by atoms with E-state index in [-0.39, 0.29) is 11.4 Å². The predicted molar refractivity (Wildman–Crippen MR) is 122 cm³/mol. The number of phenolic OH excluding ortho intramolecular Hbond substituents is 1.